The Kier molecular flexibility index (Phi) is 4.23. The fourth-order valence-electron chi connectivity index (χ4n) is 2.02. The van der Waals surface area contributed by atoms with Crippen LogP contribution < -0.4 is 0 Å². The summed E-state index contributed by atoms with van der Waals surface area (Å²) < 4.78 is 5.96. The maximum atomic E-state index is 9.80. The lowest BCUT2D eigenvalue weighted by molar-refractivity contribution is -0.0290. The van der Waals surface area contributed by atoms with Gasteiger partial charge in [0.25, 0.3) is 0 Å². The topological polar surface area (TPSA) is 29.5 Å². The highest BCUT2D eigenvalue weighted by Gasteiger charge is 2.20. The zero-order valence-corrected chi connectivity index (χ0v) is 11.5. The molecule has 2 rings (SSSR count). The number of phenols is 1. The van der Waals surface area contributed by atoms with E-state index in [-0.39, 0.29) is 5.60 Å². The van der Waals surface area contributed by atoms with Gasteiger partial charge < -0.3 is 9.84 Å². The van der Waals surface area contributed by atoms with Gasteiger partial charge in [-0.2, -0.15) is 0 Å². The third-order valence-electron chi connectivity index (χ3n) is 3.08. The van der Waals surface area contributed by atoms with E-state index in [1.807, 2.05) is 50.2 Å². The van der Waals surface area contributed by atoms with Gasteiger partial charge >= 0.3 is 0 Å². The first kappa shape index (κ1) is 13.6. The zero-order chi connectivity index (χ0) is 13.7. The molecule has 2 nitrogen and oxygen atoms in total. The molecule has 19 heavy (non-hydrogen) atoms. The Morgan fingerprint density at radius 3 is 2.26 bits per heavy atom. The molecule has 0 unspecified atom stereocenters. The molecule has 0 bridgehead atoms. The summed E-state index contributed by atoms with van der Waals surface area (Å²) in [5.74, 6) is 0.332. The van der Waals surface area contributed by atoms with Crippen LogP contribution in [0.3, 0.4) is 0 Å². The highest BCUT2D eigenvalue weighted by atomic mass is 16.5. The summed E-state index contributed by atoms with van der Waals surface area (Å²) in [6.07, 6.45) is 0.687. The number of hydrogen-bond donors (Lipinski definition) is 1. The van der Waals surface area contributed by atoms with Crippen LogP contribution in [0, 0.1) is 0 Å². The Bertz CT molecular complexity index is 518. The van der Waals surface area contributed by atoms with Gasteiger partial charge in [0.1, 0.15) is 5.75 Å². The van der Waals surface area contributed by atoms with Gasteiger partial charge in [0.2, 0.25) is 0 Å². The van der Waals surface area contributed by atoms with Crippen LogP contribution in [-0.4, -0.2) is 10.7 Å². The number of hydrogen-bond acceptors (Lipinski definition) is 2. The molecule has 1 N–H and O–H groups in total. The van der Waals surface area contributed by atoms with E-state index in [4.69, 9.17) is 4.74 Å². The highest BCUT2D eigenvalue weighted by molar-refractivity contribution is 5.32. The Hall–Kier alpha value is -1.80. The summed E-state index contributed by atoms with van der Waals surface area (Å²) in [6, 6.07) is 17.5. The van der Waals surface area contributed by atoms with Gasteiger partial charge in [0.05, 0.1) is 12.2 Å². The van der Waals surface area contributed by atoms with Crippen molar-refractivity contribution in [2.75, 3.05) is 0 Å². The Balaban J connectivity index is 1.97. The van der Waals surface area contributed by atoms with E-state index in [0.717, 1.165) is 11.1 Å². The number of benzene rings is 2. The molecule has 0 radical (unpaired) electrons. The normalized spacial score (nSPS) is 11.5. The molecule has 0 atom stereocenters. The van der Waals surface area contributed by atoms with E-state index < -0.39 is 0 Å². The molecule has 0 spiro atoms. The average molecular weight is 256 g/mol. The number of para-hydroxylation sites is 1. The highest BCUT2D eigenvalue weighted by Crippen LogP contribution is 2.24. The van der Waals surface area contributed by atoms with E-state index in [1.165, 1.54) is 0 Å². The predicted molar refractivity (Wildman–Crippen MR) is 77.1 cm³/mol. The minimum Gasteiger partial charge on any atom is -0.508 e. The van der Waals surface area contributed by atoms with Crippen molar-refractivity contribution in [2.24, 2.45) is 0 Å². The van der Waals surface area contributed by atoms with Crippen molar-refractivity contribution in [1.29, 1.82) is 0 Å². The third kappa shape index (κ3) is 4.11. The SMILES string of the molecule is CC(C)(Cc1ccccc1O)OCc1ccccc1. The fourth-order valence-corrected chi connectivity index (χ4v) is 2.02. The van der Waals surface area contributed by atoms with Crippen molar-refractivity contribution in [2.45, 2.75) is 32.5 Å². The number of phenolic OH excluding ortho intramolecular Hbond substituents is 1. The molecule has 0 aliphatic carbocycles. The molecule has 2 aromatic rings. The first-order valence-corrected chi connectivity index (χ1v) is 6.52. The summed E-state index contributed by atoms with van der Waals surface area (Å²) in [7, 11) is 0. The van der Waals surface area contributed by atoms with Crippen LogP contribution in [-0.2, 0) is 17.8 Å². The van der Waals surface area contributed by atoms with E-state index in [2.05, 4.69) is 12.1 Å². The van der Waals surface area contributed by atoms with Gasteiger partial charge in [-0.1, -0.05) is 48.5 Å². The van der Waals surface area contributed by atoms with Crippen molar-refractivity contribution in [3.8, 4) is 5.75 Å². The molecule has 0 aliphatic rings. The van der Waals surface area contributed by atoms with E-state index in [1.54, 1.807) is 6.07 Å². The van der Waals surface area contributed by atoms with E-state index in [9.17, 15) is 5.11 Å². The third-order valence-corrected chi connectivity index (χ3v) is 3.08. The average Bonchev–Trinajstić information content (AvgIpc) is 2.40. The lowest BCUT2D eigenvalue weighted by Gasteiger charge is -2.26. The molecule has 0 heterocycles. The van der Waals surface area contributed by atoms with Crippen LogP contribution in [0.15, 0.2) is 54.6 Å². The number of aromatic hydroxyl groups is 1. The molecule has 0 amide bonds. The summed E-state index contributed by atoms with van der Waals surface area (Å²) in [5.41, 5.74) is 1.77. The van der Waals surface area contributed by atoms with Crippen LogP contribution in [0.2, 0.25) is 0 Å². The van der Waals surface area contributed by atoms with Crippen LogP contribution in [0.5, 0.6) is 5.75 Å². The van der Waals surface area contributed by atoms with Gasteiger partial charge in [-0.25, -0.2) is 0 Å². The summed E-state index contributed by atoms with van der Waals surface area (Å²) >= 11 is 0. The predicted octanol–water partition coefficient (Wildman–Crippen LogP) is 3.93. The van der Waals surface area contributed by atoms with E-state index in [0.29, 0.717) is 18.8 Å². The van der Waals surface area contributed by atoms with Crippen LogP contribution in [0.1, 0.15) is 25.0 Å². The molecule has 0 aromatic heterocycles. The molecule has 0 aliphatic heterocycles. The summed E-state index contributed by atoms with van der Waals surface area (Å²) in [4.78, 5) is 0. The minimum atomic E-state index is -0.311. The maximum Gasteiger partial charge on any atom is 0.118 e. The first-order chi connectivity index (χ1) is 9.07. The molecule has 0 saturated heterocycles. The van der Waals surface area contributed by atoms with Gasteiger partial charge in [-0.15, -0.1) is 0 Å². The lowest BCUT2D eigenvalue weighted by Crippen LogP contribution is -2.27. The lowest BCUT2D eigenvalue weighted by atomic mass is 9.97. The zero-order valence-electron chi connectivity index (χ0n) is 11.5. The quantitative estimate of drug-likeness (QED) is 0.878. The van der Waals surface area contributed by atoms with Crippen LogP contribution >= 0.6 is 0 Å². The monoisotopic (exact) mass is 256 g/mol. The second kappa shape index (κ2) is 5.89. The Morgan fingerprint density at radius 1 is 0.947 bits per heavy atom. The molecule has 100 valence electrons. The second-order valence-corrected chi connectivity index (χ2v) is 5.34. The molecule has 2 aromatic carbocycles. The van der Waals surface area contributed by atoms with E-state index >= 15 is 0 Å². The molecule has 0 saturated carbocycles. The van der Waals surface area contributed by atoms with Gasteiger partial charge in [-0.3, -0.25) is 0 Å². The van der Waals surface area contributed by atoms with Gasteiger partial charge in [0.15, 0.2) is 0 Å². The summed E-state index contributed by atoms with van der Waals surface area (Å²) in [6.45, 7) is 4.67. The number of ether oxygens (including phenoxy) is 1. The Labute approximate surface area is 114 Å². The maximum absolute atomic E-state index is 9.80. The van der Waals surface area contributed by atoms with Crippen molar-refractivity contribution < 1.29 is 9.84 Å². The fraction of sp³-hybridized carbons (Fsp3) is 0.294. The standard InChI is InChI=1S/C17H20O2/c1-17(2,12-15-10-6-7-11-16(15)18)19-13-14-8-4-3-5-9-14/h3-11,18H,12-13H2,1-2H3. The number of rotatable bonds is 5. The summed E-state index contributed by atoms with van der Waals surface area (Å²) in [5, 5.41) is 9.80. The van der Waals surface area contributed by atoms with Crippen molar-refractivity contribution in [1.82, 2.24) is 0 Å². The minimum absolute atomic E-state index is 0.311. The van der Waals surface area contributed by atoms with Crippen LogP contribution in [0.4, 0.5) is 0 Å². The van der Waals surface area contributed by atoms with Crippen molar-refractivity contribution >= 4 is 0 Å². The first-order valence-electron chi connectivity index (χ1n) is 6.52. The van der Waals surface area contributed by atoms with Crippen LogP contribution in [0.25, 0.3) is 0 Å². The van der Waals surface area contributed by atoms with Crippen molar-refractivity contribution in [3.05, 3.63) is 65.7 Å². The van der Waals surface area contributed by atoms with Gasteiger partial charge in [-0.05, 0) is 31.0 Å². The molecule has 2 heteroatoms. The Morgan fingerprint density at radius 2 is 1.58 bits per heavy atom. The van der Waals surface area contributed by atoms with Gasteiger partial charge in [0, 0.05) is 6.42 Å². The second-order valence-electron chi connectivity index (χ2n) is 5.34. The largest absolute Gasteiger partial charge is 0.508 e. The smallest absolute Gasteiger partial charge is 0.118 e. The van der Waals surface area contributed by atoms with Crippen molar-refractivity contribution in [3.63, 3.8) is 0 Å². The molecule has 0 fully saturated rings. The molecular formula is C17H20O2. The molecular weight excluding hydrogens is 236 g/mol.